The van der Waals surface area contributed by atoms with Crippen LogP contribution >= 0.6 is 11.6 Å². The van der Waals surface area contributed by atoms with E-state index < -0.39 is 6.61 Å². The number of hydrogen-bond acceptors (Lipinski definition) is 1. The van der Waals surface area contributed by atoms with Gasteiger partial charge in [0, 0.05) is 5.56 Å². The predicted octanol–water partition coefficient (Wildman–Crippen LogP) is 3.05. The lowest BCUT2D eigenvalue weighted by Crippen LogP contribution is -2.03. The van der Waals surface area contributed by atoms with Crippen LogP contribution in [-0.2, 0) is 0 Å². The van der Waals surface area contributed by atoms with E-state index in [1.54, 1.807) is 13.0 Å². The molecule has 0 spiro atoms. The van der Waals surface area contributed by atoms with E-state index in [1.165, 1.54) is 6.07 Å². The Morgan fingerprint density at radius 1 is 1.58 bits per heavy atom. The Morgan fingerprint density at radius 3 is 2.75 bits per heavy atom. The molecule has 1 nitrogen and oxygen atoms in total. The van der Waals surface area contributed by atoms with Crippen LogP contribution in [0.25, 0.3) is 0 Å². The number of alkyl halides is 2. The summed E-state index contributed by atoms with van der Waals surface area (Å²) in [5.74, 6) is -0.00540. The van der Waals surface area contributed by atoms with Crippen molar-refractivity contribution in [3.05, 3.63) is 28.8 Å². The van der Waals surface area contributed by atoms with Gasteiger partial charge in [0.15, 0.2) is 0 Å². The number of rotatable bonds is 2. The number of halogens is 3. The van der Waals surface area contributed by atoms with Crippen LogP contribution in [0.15, 0.2) is 12.1 Å². The first kappa shape index (κ1) is 9.26. The van der Waals surface area contributed by atoms with E-state index in [9.17, 15) is 8.78 Å². The summed E-state index contributed by atoms with van der Waals surface area (Å²) in [6.45, 7) is -1.25. The van der Waals surface area contributed by atoms with Crippen molar-refractivity contribution < 1.29 is 13.5 Å². The Labute approximate surface area is 73.9 Å². The number of hydrogen-bond donors (Lipinski definition) is 0. The molecule has 0 aliphatic carbocycles. The number of aryl methyl sites for hydroxylation is 1. The summed E-state index contributed by atoms with van der Waals surface area (Å²) in [5.41, 5.74) is 0.475. The van der Waals surface area contributed by atoms with Gasteiger partial charge < -0.3 is 4.74 Å². The fourth-order valence-corrected chi connectivity index (χ4v) is 1.04. The van der Waals surface area contributed by atoms with E-state index in [0.29, 0.717) is 5.56 Å². The van der Waals surface area contributed by atoms with E-state index >= 15 is 0 Å². The normalized spacial score (nSPS) is 10.4. The van der Waals surface area contributed by atoms with Gasteiger partial charge in [0.05, 0.1) is 5.02 Å². The van der Waals surface area contributed by atoms with Crippen molar-refractivity contribution >= 4 is 11.6 Å². The summed E-state index contributed by atoms with van der Waals surface area (Å²) in [6.07, 6.45) is 0. The molecule has 0 fully saturated rings. The third-order valence-corrected chi connectivity index (χ3v) is 1.59. The molecule has 0 saturated heterocycles. The molecule has 4 heteroatoms. The van der Waals surface area contributed by atoms with Crippen molar-refractivity contribution in [2.45, 2.75) is 13.5 Å². The Balaban J connectivity index is 2.96. The van der Waals surface area contributed by atoms with Gasteiger partial charge in [0.2, 0.25) is 0 Å². The van der Waals surface area contributed by atoms with Crippen LogP contribution in [0.1, 0.15) is 5.56 Å². The quantitative estimate of drug-likeness (QED) is 0.698. The standard InChI is InChI=1S/C8H6ClF2O/c1-5-3-2-4-6(9)7(5)12-8(10)11/h2,4,8H,1H3. The van der Waals surface area contributed by atoms with Crippen LogP contribution in [0.2, 0.25) is 5.02 Å². The second kappa shape index (κ2) is 3.72. The molecule has 1 rings (SSSR count). The second-order valence-electron chi connectivity index (χ2n) is 2.16. The fraction of sp³-hybridized carbons (Fsp3) is 0.250. The van der Waals surface area contributed by atoms with Gasteiger partial charge in [-0.15, -0.1) is 0 Å². The summed E-state index contributed by atoms with van der Waals surface area (Å²) in [6, 6.07) is 5.71. The molecule has 0 heterocycles. The monoisotopic (exact) mass is 191 g/mol. The number of benzene rings is 1. The molecule has 0 aliphatic rings. The van der Waals surface area contributed by atoms with Crippen molar-refractivity contribution in [1.82, 2.24) is 0 Å². The van der Waals surface area contributed by atoms with Gasteiger partial charge in [0.25, 0.3) is 0 Å². The Kier molecular flexibility index (Phi) is 2.87. The first-order valence-corrected chi connectivity index (χ1v) is 3.60. The van der Waals surface area contributed by atoms with Gasteiger partial charge in [0.1, 0.15) is 5.75 Å². The molecule has 1 radical (unpaired) electrons. The third kappa shape index (κ3) is 2.08. The zero-order valence-corrected chi connectivity index (χ0v) is 7.03. The molecular formula is C8H6ClF2O. The zero-order valence-electron chi connectivity index (χ0n) is 6.27. The maximum absolute atomic E-state index is 11.8. The van der Waals surface area contributed by atoms with Crippen molar-refractivity contribution in [2.24, 2.45) is 0 Å². The third-order valence-electron chi connectivity index (χ3n) is 1.29. The van der Waals surface area contributed by atoms with Gasteiger partial charge in [-0.3, -0.25) is 0 Å². The van der Waals surface area contributed by atoms with Crippen molar-refractivity contribution in [3.8, 4) is 5.75 Å². The SMILES string of the molecule is Cc1[c]ccc(Cl)c1OC(F)F. The van der Waals surface area contributed by atoms with Crippen LogP contribution in [-0.4, -0.2) is 6.61 Å². The van der Waals surface area contributed by atoms with Crippen molar-refractivity contribution in [3.63, 3.8) is 0 Å². The average Bonchev–Trinajstić information content (AvgIpc) is 1.97. The van der Waals surface area contributed by atoms with E-state index in [1.807, 2.05) is 0 Å². The van der Waals surface area contributed by atoms with Gasteiger partial charge in [-0.2, -0.15) is 8.78 Å². The van der Waals surface area contributed by atoms with Crippen LogP contribution in [0.3, 0.4) is 0 Å². The highest BCUT2D eigenvalue weighted by Gasteiger charge is 2.10. The summed E-state index contributed by atoms with van der Waals surface area (Å²) in [7, 11) is 0. The second-order valence-corrected chi connectivity index (χ2v) is 2.57. The topological polar surface area (TPSA) is 9.23 Å². The summed E-state index contributed by atoms with van der Waals surface area (Å²) >= 11 is 5.60. The lowest BCUT2D eigenvalue weighted by Gasteiger charge is -2.08. The predicted molar refractivity (Wildman–Crippen MR) is 41.7 cm³/mol. The molecule has 0 atom stereocenters. The maximum Gasteiger partial charge on any atom is 0.387 e. The summed E-state index contributed by atoms with van der Waals surface area (Å²) in [4.78, 5) is 0. The highest BCUT2D eigenvalue weighted by atomic mass is 35.5. The van der Waals surface area contributed by atoms with E-state index in [0.717, 1.165) is 0 Å². The first-order valence-electron chi connectivity index (χ1n) is 3.23. The van der Waals surface area contributed by atoms with Crippen LogP contribution in [0.5, 0.6) is 5.75 Å². The Morgan fingerprint density at radius 2 is 2.25 bits per heavy atom. The Bertz CT molecular complexity index is 256. The van der Waals surface area contributed by atoms with Crippen molar-refractivity contribution in [1.29, 1.82) is 0 Å². The summed E-state index contributed by atoms with van der Waals surface area (Å²) < 4.78 is 27.8. The first-order chi connectivity index (χ1) is 5.61. The van der Waals surface area contributed by atoms with Gasteiger partial charge in [-0.1, -0.05) is 17.7 Å². The molecule has 0 bridgehead atoms. The van der Waals surface area contributed by atoms with Crippen molar-refractivity contribution in [2.75, 3.05) is 0 Å². The maximum atomic E-state index is 11.8. The summed E-state index contributed by atoms with van der Waals surface area (Å²) in [5, 5.41) is 0.173. The minimum Gasteiger partial charge on any atom is -0.433 e. The smallest absolute Gasteiger partial charge is 0.387 e. The van der Waals surface area contributed by atoms with Gasteiger partial charge in [-0.25, -0.2) is 0 Å². The minimum absolute atomic E-state index is 0.00540. The molecule has 0 aliphatic heterocycles. The molecular weight excluding hydrogens is 186 g/mol. The molecule has 0 aromatic heterocycles. The van der Waals surface area contributed by atoms with E-state index in [2.05, 4.69) is 10.8 Å². The van der Waals surface area contributed by atoms with E-state index in [-0.39, 0.29) is 10.8 Å². The van der Waals surface area contributed by atoms with E-state index in [4.69, 9.17) is 11.6 Å². The van der Waals surface area contributed by atoms with Crippen LogP contribution in [0, 0.1) is 13.0 Å². The largest absolute Gasteiger partial charge is 0.433 e. The van der Waals surface area contributed by atoms with Gasteiger partial charge >= 0.3 is 6.61 Å². The molecule has 0 unspecified atom stereocenters. The lowest BCUT2D eigenvalue weighted by atomic mass is 10.2. The molecule has 65 valence electrons. The molecule has 0 amide bonds. The molecule has 1 aromatic carbocycles. The highest BCUT2D eigenvalue weighted by Crippen LogP contribution is 2.28. The van der Waals surface area contributed by atoms with Crippen LogP contribution in [0.4, 0.5) is 8.78 Å². The molecule has 0 N–H and O–H groups in total. The molecule has 0 saturated carbocycles. The minimum atomic E-state index is -2.85. The number of ether oxygens (including phenoxy) is 1. The molecule has 1 aromatic rings. The fourth-order valence-electron chi connectivity index (χ4n) is 0.794. The zero-order chi connectivity index (χ0) is 9.14. The Hall–Kier alpha value is -0.830. The lowest BCUT2D eigenvalue weighted by molar-refractivity contribution is -0.0502. The van der Waals surface area contributed by atoms with Crippen LogP contribution < -0.4 is 4.74 Å². The average molecular weight is 192 g/mol. The highest BCUT2D eigenvalue weighted by molar-refractivity contribution is 6.32. The van der Waals surface area contributed by atoms with Gasteiger partial charge in [-0.05, 0) is 19.1 Å². The molecule has 12 heavy (non-hydrogen) atoms.